The first-order valence-electron chi connectivity index (χ1n) is 15.1. The van der Waals surface area contributed by atoms with Gasteiger partial charge in [-0.2, -0.15) is 15.0 Å². The Morgan fingerprint density at radius 2 is 1.50 bits per heavy atom. The Balaban J connectivity index is 1.78. The van der Waals surface area contributed by atoms with Gasteiger partial charge in [0.15, 0.2) is 0 Å². The summed E-state index contributed by atoms with van der Waals surface area (Å²) in [5.74, 6) is 4.11. The maximum absolute atomic E-state index is 5.15. The third-order valence-electron chi connectivity index (χ3n) is 7.13. The molecule has 2 N–H and O–H groups in total. The van der Waals surface area contributed by atoms with Crippen LogP contribution in [0.3, 0.4) is 0 Å². The van der Waals surface area contributed by atoms with Crippen LogP contribution in [-0.4, -0.2) is 39.6 Å². The maximum Gasteiger partial charge on any atom is 0.242 e. The molecule has 0 spiro atoms. The molecule has 7 heteroatoms. The summed E-state index contributed by atoms with van der Waals surface area (Å²) in [5.41, 5.74) is 2.08. The minimum Gasteiger partial charge on any atom is -0.354 e. The van der Waals surface area contributed by atoms with Gasteiger partial charge in [-0.3, -0.25) is 4.90 Å². The highest BCUT2D eigenvalue weighted by atomic mass is 15.4. The molecule has 0 aliphatic carbocycles. The number of nitrogens with zero attached hydrogens (tertiary/aromatic N) is 5. The Morgan fingerprint density at radius 1 is 0.775 bits per heavy atom. The molecule has 0 fully saturated rings. The van der Waals surface area contributed by atoms with Gasteiger partial charge in [0.1, 0.15) is 5.82 Å². The molecule has 0 radical (unpaired) electrons. The Kier molecular flexibility index (Phi) is 10.8. The Labute approximate surface area is 240 Å². The molecule has 0 amide bonds. The molecule has 4 rings (SSSR count). The van der Waals surface area contributed by atoms with Crippen LogP contribution in [0.1, 0.15) is 73.1 Å². The van der Waals surface area contributed by atoms with Crippen molar-refractivity contribution in [2.75, 3.05) is 34.8 Å². The highest BCUT2D eigenvalue weighted by Crippen LogP contribution is 2.34. The van der Waals surface area contributed by atoms with Crippen molar-refractivity contribution in [3.05, 3.63) is 60.7 Å². The van der Waals surface area contributed by atoms with Crippen molar-refractivity contribution in [2.24, 2.45) is 11.8 Å². The number of nitrogens with one attached hydrogen (secondary N) is 2. The van der Waals surface area contributed by atoms with E-state index in [1.165, 1.54) is 19.3 Å². The summed E-state index contributed by atoms with van der Waals surface area (Å²) in [4.78, 5) is 23.2. The number of aromatic amines is 1. The number of hydrogen-bond donors (Lipinski definition) is 2. The van der Waals surface area contributed by atoms with Crippen LogP contribution < -0.4 is 15.1 Å². The SMILES string of the molecule is CCCCCCN(CCC(C)C)c1nc(NCCC(C)C)nc(N(c2ccccc2)c2cc3ccccc3[nH]2)n1. The number of benzene rings is 2. The van der Waals surface area contributed by atoms with Crippen molar-refractivity contribution < 1.29 is 0 Å². The van der Waals surface area contributed by atoms with Crippen LogP contribution in [0.4, 0.5) is 29.4 Å². The fourth-order valence-electron chi connectivity index (χ4n) is 4.72. The van der Waals surface area contributed by atoms with E-state index in [1.807, 2.05) is 6.07 Å². The summed E-state index contributed by atoms with van der Waals surface area (Å²) in [6.07, 6.45) is 6.97. The van der Waals surface area contributed by atoms with E-state index in [1.54, 1.807) is 0 Å². The number of fused-ring (bicyclic) bond motifs is 1. The van der Waals surface area contributed by atoms with Crippen molar-refractivity contribution in [2.45, 2.75) is 73.1 Å². The molecule has 2 aromatic carbocycles. The number of hydrogen-bond acceptors (Lipinski definition) is 6. The van der Waals surface area contributed by atoms with Crippen LogP contribution in [0.15, 0.2) is 60.7 Å². The van der Waals surface area contributed by atoms with E-state index < -0.39 is 0 Å². The van der Waals surface area contributed by atoms with Gasteiger partial charge in [0, 0.05) is 30.5 Å². The van der Waals surface area contributed by atoms with E-state index in [2.05, 4.69) is 109 Å². The van der Waals surface area contributed by atoms with Gasteiger partial charge in [-0.1, -0.05) is 90.3 Å². The summed E-state index contributed by atoms with van der Waals surface area (Å²) < 4.78 is 0. The van der Waals surface area contributed by atoms with Crippen LogP contribution in [0, 0.1) is 11.8 Å². The van der Waals surface area contributed by atoms with Crippen molar-refractivity contribution >= 4 is 40.3 Å². The second-order valence-electron chi connectivity index (χ2n) is 11.5. The zero-order chi connectivity index (χ0) is 28.3. The van der Waals surface area contributed by atoms with Gasteiger partial charge in [0.25, 0.3) is 0 Å². The average Bonchev–Trinajstić information content (AvgIpc) is 3.36. The molecule has 0 unspecified atom stereocenters. The predicted octanol–water partition coefficient (Wildman–Crippen LogP) is 8.71. The smallest absolute Gasteiger partial charge is 0.242 e. The summed E-state index contributed by atoms with van der Waals surface area (Å²) in [6, 6.07) is 20.9. The molecule has 0 aliphatic heterocycles. The molecule has 0 atom stereocenters. The molecule has 0 saturated heterocycles. The molecule has 4 aromatic rings. The quantitative estimate of drug-likeness (QED) is 0.138. The van der Waals surface area contributed by atoms with Crippen LogP contribution in [-0.2, 0) is 0 Å². The molecule has 0 saturated carbocycles. The summed E-state index contributed by atoms with van der Waals surface area (Å²) in [7, 11) is 0. The van der Waals surface area contributed by atoms with Gasteiger partial charge < -0.3 is 15.2 Å². The Bertz CT molecular complexity index is 1270. The second-order valence-corrected chi connectivity index (χ2v) is 11.5. The number of H-pyrrole nitrogens is 1. The number of unbranched alkanes of at least 4 members (excludes halogenated alkanes) is 3. The first kappa shape index (κ1) is 29.4. The highest BCUT2D eigenvalue weighted by molar-refractivity contribution is 5.87. The average molecular weight is 542 g/mol. The van der Waals surface area contributed by atoms with E-state index >= 15 is 0 Å². The lowest BCUT2D eigenvalue weighted by Gasteiger charge is -2.27. The van der Waals surface area contributed by atoms with Gasteiger partial charge in [-0.15, -0.1) is 0 Å². The number of rotatable bonds is 16. The minimum atomic E-state index is 0.599. The molecule has 2 aromatic heterocycles. The van der Waals surface area contributed by atoms with Crippen molar-refractivity contribution in [3.63, 3.8) is 0 Å². The van der Waals surface area contributed by atoms with Crippen molar-refractivity contribution in [1.29, 1.82) is 0 Å². The van der Waals surface area contributed by atoms with E-state index in [4.69, 9.17) is 15.0 Å². The Hall–Kier alpha value is -3.61. The normalized spacial score (nSPS) is 11.5. The zero-order valence-corrected chi connectivity index (χ0v) is 25.0. The van der Waals surface area contributed by atoms with E-state index in [0.717, 1.165) is 67.3 Å². The molecule has 0 aliphatic rings. The van der Waals surface area contributed by atoms with Crippen LogP contribution in [0.25, 0.3) is 10.9 Å². The number of para-hydroxylation sites is 2. The van der Waals surface area contributed by atoms with Crippen molar-refractivity contribution in [1.82, 2.24) is 19.9 Å². The fraction of sp³-hybridized carbons (Fsp3) is 0.485. The first-order valence-corrected chi connectivity index (χ1v) is 15.1. The second kappa shape index (κ2) is 14.7. The van der Waals surface area contributed by atoms with Gasteiger partial charge in [0.05, 0.1) is 5.69 Å². The van der Waals surface area contributed by atoms with E-state index in [-0.39, 0.29) is 0 Å². The lowest BCUT2D eigenvalue weighted by atomic mass is 10.1. The molecule has 40 heavy (non-hydrogen) atoms. The molecular weight excluding hydrogens is 494 g/mol. The van der Waals surface area contributed by atoms with Gasteiger partial charge in [0.2, 0.25) is 17.8 Å². The number of aromatic nitrogens is 4. The predicted molar refractivity (Wildman–Crippen MR) is 170 cm³/mol. The number of anilines is 5. The lowest BCUT2D eigenvalue weighted by molar-refractivity contribution is 0.553. The molecule has 214 valence electrons. The van der Waals surface area contributed by atoms with Gasteiger partial charge >= 0.3 is 0 Å². The topological polar surface area (TPSA) is 73.0 Å². The zero-order valence-electron chi connectivity index (χ0n) is 25.0. The largest absolute Gasteiger partial charge is 0.354 e. The summed E-state index contributed by atoms with van der Waals surface area (Å²) in [6.45, 7) is 14.0. The van der Waals surface area contributed by atoms with Gasteiger partial charge in [-0.05, 0) is 55.4 Å². The minimum absolute atomic E-state index is 0.599. The summed E-state index contributed by atoms with van der Waals surface area (Å²) in [5, 5.41) is 4.66. The van der Waals surface area contributed by atoms with E-state index in [9.17, 15) is 0 Å². The summed E-state index contributed by atoms with van der Waals surface area (Å²) >= 11 is 0. The third kappa shape index (κ3) is 8.20. The van der Waals surface area contributed by atoms with Crippen LogP contribution >= 0.6 is 0 Å². The van der Waals surface area contributed by atoms with Gasteiger partial charge in [-0.25, -0.2) is 0 Å². The fourth-order valence-corrected chi connectivity index (χ4v) is 4.72. The standard InChI is InChI=1S/C33H47N7/c1-6-7-8-14-22-39(23-20-26(4)5)32-36-31(34-21-19-25(2)3)37-33(38-32)40(28-16-10-9-11-17-28)30-24-27-15-12-13-18-29(27)35-30/h9-13,15-18,24-26,35H,6-8,14,19-23H2,1-5H3,(H,34,36,37,38). The monoisotopic (exact) mass is 541 g/mol. The maximum atomic E-state index is 5.15. The van der Waals surface area contributed by atoms with Crippen LogP contribution in [0.5, 0.6) is 0 Å². The molecule has 7 nitrogen and oxygen atoms in total. The van der Waals surface area contributed by atoms with Crippen molar-refractivity contribution in [3.8, 4) is 0 Å². The first-order chi connectivity index (χ1) is 19.4. The highest BCUT2D eigenvalue weighted by Gasteiger charge is 2.22. The Morgan fingerprint density at radius 3 is 2.23 bits per heavy atom. The lowest BCUT2D eigenvalue weighted by Crippen LogP contribution is -2.30. The molecule has 0 bridgehead atoms. The van der Waals surface area contributed by atoms with E-state index in [0.29, 0.717) is 23.7 Å². The molecule has 2 heterocycles. The van der Waals surface area contributed by atoms with Crippen LogP contribution in [0.2, 0.25) is 0 Å². The third-order valence-corrected chi connectivity index (χ3v) is 7.13. The molecular formula is C33H47N7.